The Labute approximate surface area is 101 Å². The van der Waals surface area contributed by atoms with E-state index in [0.29, 0.717) is 24.1 Å². The molecule has 1 aromatic rings. The molecular formula is C13H18FNO2. The number of hydrogen-bond donors (Lipinski definition) is 1. The minimum absolute atomic E-state index is 0.314. The molecular weight excluding hydrogens is 221 g/mol. The highest BCUT2D eigenvalue weighted by atomic mass is 19.1. The van der Waals surface area contributed by atoms with E-state index in [4.69, 9.17) is 4.74 Å². The summed E-state index contributed by atoms with van der Waals surface area (Å²) in [6.45, 7) is 6.55. The average Bonchev–Trinajstić information content (AvgIpc) is 2.29. The molecule has 1 rings (SSSR count). The van der Waals surface area contributed by atoms with Gasteiger partial charge in [-0.2, -0.15) is 0 Å². The average molecular weight is 239 g/mol. The summed E-state index contributed by atoms with van der Waals surface area (Å²) in [6.07, 6.45) is -0.510. The predicted octanol–water partition coefficient (Wildman–Crippen LogP) is 3.67. The number of carbonyl (C=O) groups excluding carboxylic acids is 1. The van der Waals surface area contributed by atoms with Gasteiger partial charge in [0.2, 0.25) is 0 Å². The maximum absolute atomic E-state index is 12.6. The summed E-state index contributed by atoms with van der Waals surface area (Å²) in [5, 5.41) is 2.54. The molecule has 1 N–H and O–H groups in total. The lowest BCUT2D eigenvalue weighted by molar-refractivity contribution is 0.133. The molecule has 4 heteroatoms. The molecule has 0 radical (unpaired) electrons. The van der Waals surface area contributed by atoms with Crippen LogP contribution in [0.25, 0.3) is 0 Å². The van der Waals surface area contributed by atoms with Crippen molar-refractivity contribution in [3.8, 4) is 0 Å². The number of halogens is 1. The van der Waals surface area contributed by atoms with E-state index in [1.165, 1.54) is 24.3 Å². The van der Waals surface area contributed by atoms with Crippen molar-refractivity contribution in [1.29, 1.82) is 0 Å². The smallest absolute Gasteiger partial charge is 0.411 e. The van der Waals surface area contributed by atoms with Gasteiger partial charge in [-0.3, -0.25) is 5.32 Å². The Kier molecular flexibility index (Phi) is 4.94. The molecule has 1 amide bonds. The number of hydrogen-bond acceptors (Lipinski definition) is 2. The van der Waals surface area contributed by atoms with E-state index in [1.807, 2.05) is 6.92 Å². The molecule has 0 aliphatic carbocycles. The molecule has 0 unspecified atom stereocenters. The molecule has 0 bridgehead atoms. The first-order valence-corrected chi connectivity index (χ1v) is 5.68. The van der Waals surface area contributed by atoms with Crippen LogP contribution < -0.4 is 5.32 Å². The quantitative estimate of drug-likeness (QED) is 0.870. The third kappa shape index (κ3) is 4.85. The Morgan fingerprint density at radius 1 is 1.29 bits per heavy atom. The van der Waals surface area contributed by atoms with Crippen molar-refractivity contribution in [2.45, 2.75) is 20.8 Å². The maximum Gasteiger partial charge on any atom is 0.411 e. The second kappa shape index (κ2) is 6.23. The van der Waals surface area contributed by atoms with Gasteiger partial charge < -0.3 is 4.74 Å². The molecule has 0 saturated heterocycles. The number of anilines is 1. The van der Waals surface area contributed by atoms with Gasteiger partial charge in [-0.25, -0.2) is 9.18 Å². The minimum Gasteiger partial charge on any atom is -0.449 e. The van der Waals surface area contributed by atoms with Crippen molar-refractivity contribution in [2.75, 3.05) is 11.9 Å². The zero-order chi connectivity index (χ0) is 12.8. The van der Waals surface area contributed by atoms with Gasteiger partial charge in [0.25, 0.3) is 0 Å². The Hall–Kier alpha value is -1.58. The lowest BCUT2D eigenvalue weighted by Gasteiger charge is -2.15. The molecule has 0 spiro atoms. The van der Waals surface area contributed by atoms with E-state index in [2.05, 4.69) is 19.2 Å². The van der Waals surface area contributed by atoms with E-state index in [0.717, 1.165) is 0 Å². The summed E-state index contributed by atoms with van der Waals surface area (Å²) in [5.41, 5.74) is 0.522. The SMILES string of the molecule is CC(C)[C@@H](C)COC(=O)Nc1ccc(F)cc1. The number of ether oxygens (including phenoxy) is 1. The molecule has 0 aromatic heterocycles. The molecule has 0 aliphatic heterocycles. The van der Waals surface area contributed by atoms with Crippen LogP contribution in [0.2, 0.25) is 0 Å². The fraction of sp³-hybridized carbons (Fsp3) is 0.462. The number of benzene rings is 1. The highest BCUT2D eigenvalue weighted by Crippen LogP contribution is 2.11. The molecule has 0 fully saturated rings. The summed E-state index contributed by atoms with van der Waals surface area (Å²) in [4.78, 5) is 11.4. The normalized spacial score (nSPS) is 12.3. The third-order valence-corrected chi connectivity index (χ3v) is 2.71. The number of nitrogens with one attached hydrogen (secondary N) is 1. The second-order valence-corrected chi connectivity index (χ2v) is 4.45. The largest absolute Gasteiger partial charge is 0.449 e. The Bertz CT molecular complexity index is 362. The standard InChI is InChI=1S/C13H18FNO2/c1-9(2)10(3)8-17-13(16)15-12-6-4-11(14)5-7-12/h4-7,9-10H,8H2,1-3H3,(H,15,16)/t10-/m0/s1. The summed E-state index contributed by atoms with van der Waals surface area (Å²) < 4.78 is 17.7. The summed E-state index contributed by atoms with van der Waals surface area (Å²) >= 11 is 0. The molecule has 3 nitrogen and oxygen atoms in total. The Morgan fingerprint density at radius 2 is 1.88 bits per heavy atom. The van der Waals surface area contributed by atoms with Gasteiger partial charge in [-0.15, -0.1) is 0 Å². The van der Waals surface area contributed by atoms with Crippen molar-refractivity contribution in [3.63, 3.8) is 0 Å². The van der Waals surface area contributed by atoms with Crippen LogP contribution in [0.3, 0.4) is 0 Å². The number of rotatable bonds is 4. The van der Waals surface area contributed by atoms with Gasteiger partial charge in [-0.1, -0.05) is 20.8 Å². The summed E-state index contributed by atoms with van der Waals surface area (Å²) in [5.74, 6) is 0.444. The van der Waals surface area contributed by atoms with Crippen molar-refractivity contribution >= 4 is 11.8 Å². The maximum atomic E-state index is 12.6. The van der Waals surface area contributed by atoms with Crippen LogP contribution in [-0.4, -0.2) is 12.7 Å². The highest BCUT2D eigenvalue weighted by Gasteiger charge is 2.10. The van der Waals surface area contributed by atoms with Gasteiger partial charge in [0, 0.05) is 5.69 Å². The molecule has 0 saturated carbocycles. The Morgan fingerprint density at radius 3 is 2.41 bits per heavy atom. The van der Waals surface area contributed by atoms with E-state index >= 15 is 0 Å². The molecule has 1 atom stereocenters. The molecule has 0 aliphatic rings. The highest BCUT2D eigenvalue weighted by molar-refractivity contribution is 5.84. The van der Waals surface area contributed by atoms with Crippen molar-refractivity contribution in [3.05, 3.63) is 30.1 Å². The van der Waals surface area contributed by atoms with Crippen molar-refractivity contribution in [1.82, 2.24) is 0 Å². The van der Waals surface area contributed by atoms with Crippen LogP contribution in [-0.2, 0) is 4.74 Å². The molecule has 17 heavy (non-hydrogen) atoms. The molecule has 94 valence electrons. The first-order chi connectivity index (χ1) is 7.99. The lowest BCUT2D eigenvalue weighted by Crippen LogP contribution is -2.19. The molecule has 0 heterocycles. The first-order valence-electron chi connectivity index (χ1n) is 5.68. The van der Waals surface area contributed by atoms with Gasteiger partial charge in [0.15, 0.2) is 0 Å². The van der Waals surface area contributed by atoms with E-state index in [9.17, 15) is 9.18 Å². The fourth-order valence-corrected chi connectivity index (χ4v) is 1.09. The van der Waals surface area contributed by atoms with Gasteiger partial charge in [0.1, 0.15) is 5.82 Å². The minimum atomic E-state index is -0.510. The van der Waals surface area contributed by atoms with Crippen LogP contribution in [0.15, 0.2) is 24.3 Å². The van der Waals surface area contributed by atoms with Gasteiger partial charge in [-0.05, 0) is 36.1 Å². The van der Waals surface area contributed by atoms with Crippen molar-refractivity contribution in [2.24, 2.45) is 11.8 Å². The van der Waals surface area contributed by atoms with Crippen LogP contribution in [0.1, 0.15) is 20.8 Å². The summed E-state index contributed by atoms with van der Waals surface area (Å²) in [7, 11) is 0. The van der Waals surface area contributed by atoms with E-state index < -0.39 is 6.09 Å². The second-order valence-electron chi connectivity index (χ2n) is 4.45. The van der Waals surface area contributed by atoms with Crippen LogP contribution in [0.4, 0.5) is 14.9 Å². The van der Waals surface area contributed by atoms with Crippen LogP contribution in [0, 0.1) is 17.7 Å². The fourth-order valence-electron chi connectivity index (χ4n) is 1.09. The number of carbonyl (C=O) groups is 1. The Balaban J connectivity index is 2.37. The zero-order valence-electron chi connectivity index (χ0n) is 10.4. The molecule has 1 aromatic carbocycles. The summed E-state index contributed by atoms with van der Waals surface area (Å²) in [6, 6.07) is 5.55. The lowest BCUT2D eigenvalue weighted by atomic mass is 10.00. The van der Waals surface area contributed by atoms with Gasteiger partial charge in [0.05, 0.1) is 6.61 Å². The van der Waals surface area contributed by atoms with E-state index in [1.54, 1.807) is 0 Å². The first kappa shape index (κ1) is 13.5. The zero-order valence-corrected chi connectivity index (χ0v) is 10.4. The monoisotopic (exact) mass is 239 g/mol. The third-order valence-electron chi connectivity index (χ3n) is 2.71. The van der Waals surface area contributed by atoms with E-state index in [-0.39, 0.29) is 5.82 Å². The van der Waals surface area contributed by atoms with Crippen LogP contribution in [0.5, 0.6) is 0 Å². The number of amides is 1. The topological polar surface area (TPSA) is 38.3 Å². The van der Waals surface area contributed by atoms with Crippen LogP contribution >= 0.6 is 0 Å². The van der Waals surface area contributed by atoms with Crippen molar-refractivity contribution < 1.29 is 13.9 Å². The van der Waals surface area contributed by atoms with Gasteiger partial charge >= 0.3 is 6.09 Å². The predicted molar refractivity (Wildman–Crippen MR) is 65.4 cm³/mol.